The monoisotopic (exact) mass is 650 g/mol. The van der Waals surface area contributed by atoms with E-state index < -0.39 is 36.0 Å². The predicted molar refractivity (Wildman–Crippen MR) is 177 cm³/mol. The van der Waals surface area contributed by atoms with Crippen molar-refractivity contribution in [2.45, 2.75) is 39.1 Å². The molecule has 10 nitrogen and oxygen atoms in total. The molecule has 2 atom stereocenters. The van der Waals surface area contributed by atoms with E-state index in [1.54, 1.807) is 0 Å². The van der Waals surface area contributed by atoms with Crippen LogP contribution in [0, 0.1) is 11.8 Å². The number of amides is 2. The molecule has 1 saturated carbocycles. The lowest BCUT2D eigenvalue weighted by Crippen LogP contribution is -2.43. The minimum atomic E-state index is -0.863. The Bertz CT molecular complexity index is 1550. The van der Waals surface area contributed by atoms with E-state index in [1.165, 1.54) is 23.9 Å². The fourth-order valence-corrected chi connectivity index (χ4v) is 5.08. The first-order chi connectivity index (χ1) is 23.2. The third-order valence-corrected chi connectivity index (χ3v) is 8.06. The quantitative estimate of drug-likeness (QED) is 0.122. The van der Waals surface area contributed by atoms with Gasteiger partial charge in [0.15, 0.2) is 0 Å². The van der Waals surface area contributed by atoms with Crippen molar-refractivity contribution in [3.63, 3.8) is 0 Å². The highest BCUT2D eigenvalue weighted by molar-refractivity contribution is 5.93. The van der Waals surface area contributed by atoms with Crippen LogP contribution in [0.1, 0.15) is 35.1 Å². The standard InChI is InChI=1S/C38H38N2O8/c1-39(23-27-13-17-31(18-14-27)45-25-29-9-5-3-6-10-29)37(43)47-35(41)33-21-22-34(33)36(42)48-38(44)40(2)24-28-15-19-32(20-16-28)46-26-30-11-7-4-8-12-30/h3-20,33-34H,21-26H2,1-2H3. The van der Waals surface area contributed by atoms with Gasteiger partial charge in [0.25, 0.3) is 0 Å². The van der Waals surface area contributed by atoms with Crippen molar-refractivity contribution in [1.82, 2.24) is 9.80 Å². The first kappa shape index (κ1) is 33.7. The van der Waals surface area contributed by atoms with Gasteiger partial charge in [0.2, 0.25) is 0 Å². The second-order valence-corrected chi connectivity index (χ2v) is 11.7. The number of carbonyl (C=O) groups is 4. The fraction of sp³-hybridized carbons (Fsp3) is 0.263. The maximum atomic E-state index is 12.8. The van der Waals surface area contributed by atoms with Crippen LogP contribution >= 0.6 is 0 Å². The molecular weight excluding hydrogens is 612 g/mol. The lowest BCUT2D eigenvalue weighted by atomic mass is 9.74. The number of rotatable bonds is 12. The number of esters is 2. The van der Waals surface area contributed by atoms with E-state index >= 15 is 0 Å². The summed E-state index contributed by atoms with van der Waals surface area (Å²) in [5.41, 5.74) is 3.74. The third kappa shape index (κ3) is 9.45. The molecule has 0 aliphatic heterocycles. The summed E-state index contributed by atoms with van der Waals surface area (Å²) in [4.78, 5) is 53.3. The molecule has 10 heteroatoms. The summed E-state index contributed by atoms with van der Waals surface area (Å²) >= 11 is 0. The number of benzene rings is 4. The first-order valence-corrected chi connectivity index (χ1v) is 15.7. The van der Waals surface area contributed by atoms with Gasteiger partial charge in [0.1, 0.15) is 24.7 Å². The molecule has 0 N–H and O–H groups in total. The highest BCUT2D eigenvalue weighted by Gasteiger charge is 2.45. The van der Waals surface area contributed by atoms with Crippen LogP contribution in [-0.4, -0.2) is 48.0 Å². The smallest absolute Gasteiger partial charge is 0.417 e. The molecule has 0 bridgehead atoms. The third-order valence-electron chi connectivity index (χ3n) is 8.06. The molecule has 48 heavy (non-hydrogen) atoms. The number of hydrogen-bond donors (Lipinski definition) is 0. The van der Waals surface area contributed by atoms with E-state index in [1.807, 2.05) is 109 Å². The van der Waals surface area contributed by atoms with Crippen LogP contribution in [0.4, 0.5) is 9.59 Å². The van der Waals surface area contributed by atoms with Crippen molar-refractivity contribution in [1.29, 1.82) is 0 Å². The Morgan fingerprint density at radius 3 is 1.21 bits per heavy atom. The molecule has 1 fully saturated rings. The summed E-state index contributed by atoms with van der Waals surface area (Å²) < 4.78 is 21.7. The zero-order valence-electron chi connectivity index (χ0n) is 27.0. The van der Waals surface area contributed by atoms with E-state index in [2.05, 4.69) is 0 Å². The maximum absolute atomic E-state index is 12.8. The topological polar surface area (TPSA) is 112 Å². The van der Waals surface area contributed by atoms with Crippen LogP contribution in [0.25, 0.3) is 0 Å². The van der Waals surface area contributed by atoms with Crippen LogP contribution < -0.4 is 9.47 Å². The SMILES string of the molecule is CN(Cc1ccc(OCc2ccccc2)cc1)C(=O)OC(=O)C1CCC1C(=O)OC(=O)N(C)Cc1ccc(OCc2ccccc2)cc1. The maximum Gasteiger partial charge on any atom is 0.417 e. The van der Waals surface area contributed by atoms with Gasteiger partial charge in [0.05, 0.1) is 11.8 Å². The van der Waals surface area contributed by atoms with Crippen LogP contribution in [0.15, 0.2) is 109 Å². The summed E-state index contributed by atoms with van der Waals surface area (Å²) in [6.07, 6.45) is -0.975. The van der Waals surface area contributed by atoms with Crippen LogP contribution in [0.5, 0.6) is 11.5 Å². The summed E-state index contributed by atoms with van der Waals surface area (Å²) in [6.45, 7) is 1.28. The summed E-state index contributed by atoms with van der Waals surface area (Å²) in [5, 5.41) is 0. The van der Waals surface area contributed by atoms with E-state index in [0.717, 1.165) is 22.3 Å². The van der Waals surface area contributed by atoms with E-state index in [0.29, 0.717) is 37.6 Å². The molecule has 0 radical (unpaired) electrons. The second kappa shape index (κ2) is 16.3. The predicted octanol–water partition coefficient (Wildman–Crippen LogP) is 6.76. The Hall–Kier alpha value is -5.64. The molecule has 0 saturated heterocycles. The summed E-state index contributed by atoms with van der Waals surface area (Å²) in [7, 11) is 3.03. The lowest BCUT2D eigenvalue weighted by molar-refractivity contribution is -0.161. The molecule has 0 aromatic heterocycles. The van der Waals surface area contributed by atoms with Gasteiger partial charge in [0, 0.05) is 27.2 Å². The lowest BCUT2D eigenvalue weighted by Gasteiger charge is -2.32. The number of ether oxygens (including phenoxy) is 4. The molecule has 4 aromatic carbocycles. The molecule has 1 aliphatic carbocycles. The number of nitrogens with zero attached hydrogens (tertiary/aromatic N) is 2. The molecule has 0 heterocycles. The zero-order chi connectivity index (χ0) is 33.9. The first-order valence-electron chi connectivity index (χ1n) is 15.7. The average molecular weight is 651 g/mol. The molecule has 0 spiro atoms. The van der Waals surface area contributed by atoms with Crippen molar-refractivity contribution in [3.8, 4) is 11.5 Å². The van der Waals surface area contributed by atoms with Gasteiger partial charge < -0.3 is 28.7 Å². The Morgan fingerprint density at radius 2 is 0.875 bits per heavy atom. The van der Waals surface area contributed by atoms with E-state index in [4.69, 9.17) is 18.9 Å². The molecule has 5 rings (SSSR count). The molecule has 4 aromatic rings. The van der Waals surface area contributed by atoms with Gasteiger partial charge in [-0.25, -0.2) is 9.59 Å². The van der Waals surface area contributed by atoms with Gasteiger partial charge in [-0.3, -0.25) is 9.59 Å². The summed E-state index contributed by atoms with van der Waals surface area (Å²) in [5.74, 6) is -1.99. The molecular formula is C38H38N2O8. The van der Waals surface area contributed by atoms with Gasteiger partial charge in [-0.2, -0.15) is 0 Å². The largest absolute Gasteiger partial charge is 0.489 e. The van der Waals surface area contributed by atoms with Crippen molar-refractivity contribution in [2.24, 2.45) is 11.8 Å². The van der Waals surface area contributed by atoms with Crippen molar-refractivity contribution >= 4 is 24.1 Å². The molecule has 1 aliphatic rings. The molecule has 248 valence electrons. The van der Waals surface area contributed by atoms with Gasteiger partial charge in [-0.15, -0.1) is 0 Å². The fourth-order valence-electron chi connectivity index (χ4n) is 5.08. The minimum Gasteiger partial charge on any atom is -0.489 e. The van der Waals surface area contributed by atoms with Crippen LogP contribution in [-0.2, 0) is 45.4 Å². The van der Waals surface area contributed by atoms with Crippen LogP contribution in [0.3, 0.4) is 0 Å². The van der Waals surface area contributed by atoms with E-state index in [-0.39, 0.29) is 13.1 Å². The highest BCUT2D eigenvalue weighted by Crippen LogP contribution is 2.36. The second-order valence-electron chi connectivity index (χ2n) is 11.7. The van der Waals surface area contributed by atoms with Gasteiger partial charge in [-0.1, -0.05) is 84.9 Å². The Labute approximate surface area is 279 Å². The van der Waals surface area contributed by atoms with Crippen LogP contribution in [0.2, 0.25) is 0 Å². The zero-order valence-corrected chi connectivity index (χ0v) is 27.0. The van der Waals surface area contributed by atoms with Gasteiger partial charge in [-0.05, 0) is 59.4 Å². The van der Waals surface area contributed by atoms with Crippen molar-refractivity contribution in [2.75, 3.05) is 14.1 Å². The molecule has 2 amide bonds. The van der Waals surface area contributed by atoms with E-state index in [9.17, 15) is 19.2 Å². The van der Waals surface area contributed by atoms with Gasteiger partial charge >= 0.3 is 24.1 Å². The van der Waals surface area contributed by atoms with Crippen molar-refractivity contribution < 1.29 is 38.1 Å². The average Bonchev–Trinajstić information content (AvgIpc) is 3.08. The Morgan fingerprint density at radius 1 is 0.521 bits per heavy atom. The van der Waals surface area contributed by atoms with Crippen molar-refractivity contribution in [3.05, 3.63) is 131 Å². The Kier molecular flexibility index (Phi) is 11.4. The summed E-state index contributed by atoms with van der Waals surface area (Å²) in [6, 6.07) is 34.2. The Balaban J connectivity index is 1.02. The normalized spacial score (nSPS) is 15.0. The number of hydrogen-bond acceptors (Lipinski definition) is 8. The number of carbonyl (C=O) groups excluding carboxylic acids is 4. The minimum absolute atomic E-state index is 0.200. The molecule has 2 unspecified atom stereocenters. The highest BCUT2D eigenvalue weighted by atomic mass is 16.6.